The average molecular weight is 542 g/mol. The van der Waals surface area contributed by atoms with Crippen molar-refractivity contribution in [1.29, 1.82) is 0 Å². The number of halogens is 4. The number of benzene rings is 2. The van der Waals surface area contributed by atoms with Gasteiger partial charge in [-0.1, -0.05) is 39.8 Å². The summed E-state index contributed by atoms with van der Waals surface area (Å²) in [6.07, 6.45) is 2.38. The molecule has 5 rings (SSSR count). The van der Waals surface area contributed by atoms with Crippen LogP contribution >= 0.6 is 40.1 Å². The van der Waals surface area contributed by atoms with Crippen molar-refractivity contribution in [3.63, 3.8) is 0 Å². The number of thioether (sulfide) groups is 1. The van der Waals surface area contributed by atoms with Crippen molar-refractivity contribution in [2.75, 3.05) is 25.4 Å². The summed E-state index contributed by atoms with van der Waals surface area (Å²) < 4.78 is 29.7. The molecule has 1 saturated carbocycles. The molecule has 0 amide bonds. The minimum atomic E-state index is -0.876. The van der Waals surface area contributed by atoms with Gasteiger partial charge in [-0.2, -0.15) is 0 Å². The first-order valence-corrected chi connectivity index (χ1v) is 12.2. The SMILES string of the molecule is Cl.Cn1c(SCCCN2C[C@@H]3C[C@]3(c3ccc(Br)cc3)C2)nnc1-c1ccc(F)c(F)c1. The van der Waals surface area contributed by atoms with E-state index in [9.17, 15) is 8.78 Å². The maximum Gasteiger partial charge on any atom is 0.191 e. The molecule has 0 radical (unpaired) electrons. The number of likely N-dealkylation sites (tertiary alicyclic amines) is 1. The number of rotatable bonds is 7. The lowest BCUT2D eigenvalue weighted by Crippen LogP contribution is -2.27. The van der Waals surface area contributed by atoms with Gasteiger partial charge in [0.2, 0.25) is 0 Å². The Bertz CT molecular complexity index is 1110. The van der Waals surface area contributed by atoms with Crippen molar-refractivity contribution in [3.05, 3.63) is 64.1 Å². The van der Waals surface area contributed by atoms with Crippen LogP contribution < -0.4 is 0 Å². The van der Waals surface area contributed by atoms with E-state index in [1.165, 1.54) is 24.6 Å². The molecular formula is C23H24BrClF2N4S. The fourth-order valence-corrected chi connectivity index (χ4v) is 5.86. The zero-order valence-electron chi connectivity index (χ0n) is 17.6. The molecule has 0 unspecified atom stereocenters. The molecule has 2 aliphatic rings. The van der Waals surface area contributed by atoms with E-state index in [1.807, 2.05) is 11.6 Å². The summed E-state index contributed by atoms with van der Waals surface area (Å²) in [6, 6.07) is 12.6. The normalized spacial score (nSPS) is 21.9. The molecule has 170 valence electrons. The molecule has 1 aliphatic heterocycles. The summed E-state index contributed by atoms with van der Waals surface area (Å²) in [7, 11) is 1.86. The highest BCUT2D eigenvalue weighted by molar-refractivity contribution is 9.10. The lowest BCUT2D eigenvalue weighted by Gasteiger charge is -2.21. The lowest BCUT2D eigenvalue weighted by atomic mass is 9.95. The minimum absolute atomic E-state index is 0. The highest BCUT2D eigenvalue weighted by Crippen LogP contribution is 2.59. The topological polar surface area (TPSA) is 34.0 Å². The molecule has 0 N–H and O–H groups in total. The predicted molar refractivity (Wildman–Crippen MR) is 129 cm³/mol. The third-order valence-electron chi connectivity index (χ3n) is 6.50. The van der Waals surface area contributed by atoms with Crippen LogP contribution in [0.3, 0.4) is 0 Å². The quantitative estimate of drug-likeness (QED) is 0.284. The molecule has 32 heavy (non-hydrogen) atoms. The number of piperidine rings is 1. The summed E-state index contributed by atoms with van der Waals surface area (Å²) in [5.41, 5.74) is 2.37. The zero-order valence-corrected chi connectivity index (χ0v) is 20.8. The van der Waals surface area contributed by atoms with Crippen molar-refractivity contribution < 1.29 is 8.78 Å². The van der Waals surface area contributed by atoms with E-state index < -0.39 is 11.6 Å². The van der Waals surface area contributed by atoms with Crippen LogP contribution in [-0.4, -0.2) is 45.1 Å². The molecule has 2 atom stereocenters. The van der Waals surface area contributed by atoms with E-state index in [0.717, 1.165) is 52.9 Å². The molecule has 0 bridgehead atoms. The van der Waals surface area contributed by atoms with Gasteiger partial charge < -0.3 is 9.47 Å². The molecule has 2 aromatic carbocycles. The number of hydrogen-bond donors (Lipinski definition) is 0. The summed E-state index contributed by atoms with van der Waals surface area (Å²) >= 11 is 5.18. The Hall–Kier alpha value is -1.48. The summed E-state index contributed by atoms with van der Waals surface area (Å²) in [4.78, 5) is 2.58. The molecule has 1 aromatic heterocycles. The van der Waals surface area contributed by atoms with Gasteiger partial charge in [0.25, 0.3) is 0 Å². The number of nitrogens with zero attached hydrogens (tertiary/aromatic N) is 4. The van der Waals surface area contributed by atoms with Gasteiger partial charge in [0.1, 0.15) is 0 Å². The Labute approximate surface area is 205 Å². The van der Waals surface area contributed by atoms with E-state index in [0.29, 0.717) is 16.8 Å². The molecule has 2 heterocycles. The molecule has 2 fully saturated rings. The second-order valence-electron chi connectivity index (χ2n) is 8.50. The second-order valence-corrected chi connectivity index (χ2v) is 10.5. The van der Waals surface area contributed by atoms with E-state index in [2.05, 4.69) is 55.3 Å². The van der Waals surface area contributed by atoms with Crippen LogP contribution in [0.1, 0.15) is 18.4 Å². The molecule has 0 spiro atoms. The standard InChI is InChI=1S/C23H23BrF2N4S.ClH/c1-29-21(15-3-8-19(25)20(26)11-15)27-28-22(29)31-10-2-9-30-13-17-12-23(17,14-30)16-4-6-18(24)7-5-16;/h3-8,11,17H,2,9-10,12-14H2,1H3;1H/t17-,23+;/m0./s1. The third kappa shape index (κ3) is 4.47. The third-order valence-corrected chi connectivity index (χ3v) is 8.13. The fraction of sp³-hybridized carbons (Fsp3) is 0.391. The number of aromatic nitrogens is 3. The van der Waals surface area contributed by atoms with Crippen LogP contribution in [0, 0.1) is 17.6 Å². The van der Waals surface area contributed by atoms with Crippen LogP contribution in [0.25, 0.3) is 11.4 Å². The van der Waals surface area contributed by atoms with Crippen LogP contribution in [0.5, 0.6) is 0 Å². The highest BCUT2D eigenvalue weighted by Gasteiger charge is 2.60. The van der Waals surface area contributed by atoms with Gasteiger partial charge in [0, 0.05) is 41.3 Å². The van der Waals surface area contributed by atoms with Crippen LogP contribution in [0.4, 0.5) is 8.78 Å². The van der Waals surface area contributed by atoms with Crippen molar-refractivity contribution in [2.24, 2.45) is 13.0 Å². The van der Waals surface area contributed by atoms with Crippen molar-refractivity contribution in [2.45, 2.75) is 23.4 Å². The van der Waals surface area contributed by atoms with E-state index in [1.54, 1.807) is 11.8 Å². The van der Waals surface area contributed by atoms with Gasteiger partial charge in [-0.25, -0.2) is 8.78 Å². The smallest absolute Gasteiger partial charge is 0.191 e. The Morgan fingerprint density at radius 1 is 1.12 bits per heavy atom. The second kappa shape index (κ2) is 9.41. The molecule has 9 heteroatoms. The minimum Gasteiger partial charge on any atom is -0.305 e. The van der Waals surface area contributed by atoms with E-state index in [4.69, 9.17) is 0 Å². The molecule has 4 nitrogen and oxygen atoms in total. The summed E-state index contributed by atoms with van der Waals surface area (Å²) in [5, 5.41) is 9.19. The van der Waals surface area contributed by atoms with Gasteiger partial charge in [-0.3, -0.25) is 0 Å². The van der Waals surface area contributed by atoms with E-state index in [-0.39, 0.29) is 12.4 Å². The molecular weight excluding hydrogens is 518 g/mol. The molecule has 1 saturated heterocycles. The van der Waals surface area contributed by atoms with Crippen LogP contribution in [-0.2, 0) is 12.5 Å². The average Bonchev–Trinajstić information content (AvgIpc) is 3.13. The van der Waals surface area contributed by atoms with Crippen molar-refractivity contribution in [3.8, 4) is 11.4 Å². The van der Waals surface area contributed by atoms with Crippen LogP contribution in [0.15, 0.2) is 52.1 Å². The van der Waals surface area contributed by atoms with Gasteiger partial charge in [-0.15, -0.1) is 22.6 Å². The van der Waals surface area contributed by atoms with Crippen molar-refractivity contribution in [1.82, 2.24) is 19.7 Å². The van der Waals surface area contributed by atoms with Gasteiger partial charge in [0.05, 0.1) is 0 Å². The predicted octanol–water partition coefficient (Wildman–Crippen LogP) is 5.70. The van der Waals surface area contributed by atoms with Crippen LogP contribution in [0.2, 0.25) is 0 Å². The molecule has 3 aromatic rings. The summed E-state index contributed by atoms with van der Waals surface area (Å²) in [5.74, 6) is 0.536. The largest absolute Gasteiger partial charge is 0.305 e. The van der Waals surface area contributed by atoms with Gasteiger partial charge in [-0.05, 0) is 61.2 Å². The van der Waals surface area contributed by atoms with Gasteiger partial charge >= 0.3 is 0 Å². The fourth-order valence-electron chi connectivity index (χ4n) is 4.76. The maximum absolute atomic E-state index is 13.5. The lowest BCUT2D eigenvalue weighted by molar-refractivity contribution is 0.299. The Morgan fingerprint density at radius 2 is 1.91 bits per heavy atom. The molecule has 1 aliphatic carbocycles. The zero-order chi connectivity index (χ0) is 21.6. The van der Waals surface area contributed by atoms with Crippen molar-refractivity contribution >= 4 is 40.1 Å². The first-order valence-electron chi connectivity index (χ1n) is 10.4. The monoisotopic (exact) mass is 540 g/mol. The van der Waals surface area contributed by atoms with E-state index >= 15 is 0 Å². The highest BCUT2D eigenvalue weighted by atomic mass is 79.9. The maximum atomic E-state index is 13.5. The number of hydrogen-bond acceptors (Lipinski definition) is 4. The van der Waals surface area contributed by atoms with Gasteiger partial charge in [0.15, 0.2) is 22.6 Å². The first-order chi connectivity index (χ1) is 15.0. The first kappa shape index (κ1) is 23.7. The Kier molecular flexibility index (Phi) is 6.96. The Balaban J connectivity index is 0.00000245. The number of fused-ring (bicyclic) bond motifs is 1. The summed E-state index contributed by atoms with van der Waals surface area (Å²) in [6.45, 7) is 3.41. The Morgan fingerprint density at radius 3 is 2.66 bits per heavy atom.